The molecule has 2 aliphatic rings. The molecule has 0 spiro atoms. The van der Waals surface area contributed by atoms with Crippen molar-refractivity contribution in [2.75, 3.05) is 32.8 Å². The van der Waals surface area contributed by atoms with E-state index in [1.807, 2.05) is 26.1 Å². The summed E-state index contributed by atoms with van der Waals surface area (Å²) in [4.78, 5) is 15.8. The minimum absolute atomic E-state index is 0. The Labute approximate surface area is 262 Å². The number of nitrogens with zero attached hydrogens (tertiary/aromatic N) is 6. The molecule has 1 unspecified atom stereocenters. The Hall–Kier alpha value is -3.15. The number of aryl methyl sites for hydroxylation is 2. The van der Waals surface area contributed by atoms with Gasteiger partial charge in [-0.2, -0.15) is 5.10 Å². The van der Waals surface area contributed by atoms with Gasteiger partial charge in [-0.25, -0.2) is 0 Å². The van der Waals surface area contributed by atoms with Crippen LogP contribution >= 0.6 is 0 Å². The molecule has 1 saturated heterocycles. The maximum atomic E-state index is 7.50. The fourth-order valence-electron chi connectivity index (χ4n) is 4.21. The van der Waals surface area contributed by atoms with Gasteiger partial charge in [-0.15, -0.1) is 0 Å². The molecule has 2 atom stereocenters. The molecule has 2 aromatic heterocycles. The first-order valence-electron chi connectivity index (χ1n) is 13.3. The van der Waals surface area contributed by atoms with Crippen molar-refractivity contribution in [1.29, 1.82) is 0 Å². The summed E-state index contributed by atoms with van der Waals surface area (Å²) in [6.07, 6.45) is 9.45. The van der Waals surface area contributed by atoms with E-state index in [1.54, 1.807) is 12.4 Å². The van der Waals surface area contributed by atoms with Gasteiger partial charge >= 0.3 is 33.9 Å². The second kappa shape index (κ2) is 23.4. The number of hydrogen-bond acceptors (Lipinski definition) is 7. The van der Waals surface area contributed by atoms with Gasteiger partial charge in [-0.3, -0.25) is 19.7 Å². The molecule has 2 aliphatic heterocycles. The summed E-state index contributed by atoms with van der Waals surface area (Å²) in [5.74, 6) is 7.35. The average molecular weight is 658 g/mol. The van der Waals surface area contributed by atoms with Crippen molar-refractivity contribution < 1.29 is 38.8 Å². The molecule has 0 amide bonds. The minimum Gasteiger partial charge on any atom is 0 e. The maximum Gasteiger partial charge on any atom is 0 e. The topological polar surface area (TPSA) is 140 Å². The SMILES string of the molecule is CC1=NC(CCN(CCCC#Cc2cncc(OC[C@@H]3CCN3)c2)CCn2nc(C)cc2C)N=C1.[C-]#[O+].[C-]#[O+].[C-]#[O+].[Tc]. The molecular weight excluding hydrogens is 620 g/mol. The Morgan fingerprint density at radius 2 is 1.81 bits per heavy atom. The van der Waals surface area contributed by atoms with Crippen LogP contribution in [-0.2, 0) is 40.6 Å². The van der Waals surface area contributed by atoms with Gasteiger partial charge in [0.15, 0.2) is 0 Å². The Balaban J connectivity index is 0.00000226. The number of nitrogens with one attached hydrogen (secondary N) is 1. The van der Waals surface area contributed by atoms with Crippen LogP contribution in [0.4, 0.5) is 0 Å². The second-order valence-corrected chi connectivity index (χ2v) is 9.38. The van der Waals surface area contributed by atoms with Crippen molar-refractivity contribution in [2.24, 2.45) is 9.98 Å². The third-order valence-electron chi connectivity index (χ3n) is 6.32. The molecule has 1 N–H and O–H groups in total. The summed E-state index contributed by atoms with van der Waals surface area (Å²) in [6, 6.07) is 4.57. The van der Waals surface area contributed by atoms with Crippen molar-refractivity contribution in [3.05, 3.63) is 61.4 Å². The zero-order valence-electron chi connectivity index (χ0n) is 24.3. The van der Waals surface area contributed by atoms with Gasteiger partial charge < -0.3 is 15.0 Å². The van der Waals surface area contributed by atoms with Crippen molar-refractivity contribution >= 4 is 11.9 Å². The van der Waals surface area contributed by atoms with E-state index in [9.17, 15) is 0 Å². The summed E-state index contributed by atoms with van der Waals surface area (Å²) < 4.78 is 30.4. The summed E-state index contributed by atoms with van der Waals surface area (Å²) in [5.41, 5.74) is 4.19. The van der Waals surface area contributed by atoms with Crippen molar-refractivity contribution in [1.82, 2.24) is 25.0 Å². The van der Waals surface area contributed by atoms with Crippen LogP contribution in [-0.4, -0.2) is 76.6 Å². The molecule has 4 heterocycles. The smallest absolute Gasteiger partial charge is 0 e. The van der Waals surface area contributed by atoms with Gasteiger partial charge in [0, 0.05) is 75.7 Å². The van der Waals surface area contributed by atoms with Crippen LogP contribution in [0.25, 0.3) is 0 Å². The molecule has 12 heteroatoms. The third kappa shape index (κ3) is 14.7. The van der Waals surface area contributed by atoms with Crippen LogP contribution in [0.5, 0.6) is 5.75 Å². The molecule has 0 aromatic carbocycles. The number of rotatable bonds is 12. The van der Waals surface area contributed by atoms with Crippen molar-refractivity contribution in [2.45, 2.75) is 65.2 Å². The number of ether oxygens (including phenoxy) is 1. The van der Waals surface area contributed by atoms with E-state index >= 15 is 0 Å². The second-order valence-electron chi connectivity index (χ2n) is 9.38. The maximum absolute atomic E-state index is 7.50. The zero-order chi connectivity index (χ0) is 30.5. The molecule has 0 aliphatic carbocycles. The van der Waals surface area contributed by atoms with Crippen molar-refractivity contribution in [3.8, 4) is 17.6 Å². The quantitative estimate of drug-likeness (QED) is 0.162. The molecule has 4 rings (SSSR count). The van der Waals surface area contributed by atoms with E-state index in [1.165, 1.54) is 12.1 Å². The predicted molar refractivity (Wildman–Crippen MR) is 152 cm³/mol. The standard InChI is InChI=1S/C27H37N7O.3CO.Tc/c1-21-15-23(3)34(32-21)14-13-33(12-9-27-30-17-22(2)31-27)11-6-4-5-7-24-16-26(19-28-18-24)35-20-25-8-10-29-25;3*1-2;/h15-19,25,27,29H,4,6,8-14,20H2,1-3H3;;;;/t25-,27?;;;;/m0..../s1. The largest absolute Gasteiger partial charge is 0 e. The first kappa shape index (κ1) is 38.8. The molecule has 42 heavy (non-hydrogen) atoms. The van der Waals surface area contributed by atoms with E-state index < -0.39 is 0 Å². The molecule has 2 aromatic rings. The van der Waals surface area contributed by atoms with Crippen LogP contribution in [0.1, 0.15) is 49.6 Å². The van der Waals surface area contributed by atoms with E-state index in [-0.39, 0.29) is 26.3 Å². The van der Waals surface area contributed by atoms with Gasteiger partial charge in [0.2, 0.25) is 0 Å². The molecule has 1 radical (unpaired) electrons. The fraction of sp³-hybridized carbons (Fsp3) is 0.500. The number of aliphatic imine (C=N–C) groups is 2. The van der Waals surface area contributed by atoms with Crippen LogP contribution in [0.2, 0.25) is 0 Å². The predicted octanol–water partition coefficient (Wildman–Crippen LogP) is 2.92. The van der Waals surface area contributed by atoms with E-state index in [4.69, 9.17) is 18.7 Å². The van der Waals surface area contributed by atoms with E-state index in [0.29, 0.717) is 12.6 Å². The monoisotopic (exact) mass is 656 g/mol. The van der Waals surface area contributed by atoms with Crippen LogP contribution in [0.15, 0.2) is 34.5 Å². The molecule has 223 valence electrons. The minimum atomic E-state index is 0. The van der Waals surface area contributed by atoms with Gasteiger partial charge in [0.1, 0.15) is 18.5 Å². The van der Waals surface area contributed by atoms with Gasteiger partial charge in [-0.1, -0.05) is 11.8 Å². The molecule has 1 fully saturated rings. The van der Waals surface area contributed by atoms with Crippen LogP contribution in [0, 0.1) is 45.6 Å². The Bertz CT molecular complexity index is 1230. The molecule has 11 nitrogen and oxygen atoms in total. The molecular formula is C30H37N7O4Tc. The first-order chi connectivity index (χ1) is 20.0. The Kier molecular flexibility index (Phi) is 21.7. The fourth-order valence-corrected chi connectivity index (χ4v) is 4.21. The third-order valence-corrected chi connectivity index (χ3v) is 6.32. The van der Waals surface area contributed by atoms with Crippen LogP contribution < -0.4 is 10.1 Å². The number of aromatic nitrogens is 3. The number of pyridine rings is 1. The first-order valence-corrected chi connectivity index (χ1v) is 13.3. The normalized spacial score (nSPS) is 15.8. The Morgan fingerprint density at radius 3 is 2.40 bits per heavy atom. The summed E-state index contributed by atoms with van der Waals surface area (Å²) in [7, 11) is 0. The summed E-state index contributed by atoms with van der Waals surface area (Å²) in [6.45, 7) is 25.2. The zero-order valence-corrected chi connectivity index (χ0v) is 26.2. The number of hydrogen-bond donors (Lipinski definition) is 1. The van der Waals surface area contributed by atoms with Crippen molar-refractivity contribution in [3.63, 3.8) is 0 Å². The van der Waals surface area contributed by atoms with E-state index in [2.05, 4.69) is 79.7 Å². The summed E-state index contributed by atoms with van der Waals surface area (Å²) >= 11 is 0. The summed E-state index contributed by atoms with van der Waals surface area (Å²) in [5, 5.41) is 7.95. The molecule has 0 bridgehead atoms. The van der Waals surface area contributed by atoms with Gasteiger partial charge in [-0.05, 0) is 58.8 Å². The van der Waals surface area contributed by atoms with Crippen LogP contribution in [0.3, 0.4) is 0 Å². The van der Waals surface area contributed by atoms with E-state index in [0.717, 1.165) is 74.7 Å². The Morgan fingerprint density at radius 1 is 1.07 bits per heavy atom. The average Bonchev–Trinajstić information content (AvgIpc) is 3.55. The number of unbranched alkanes of at least 4 members (excludes halogenated alkanes) is 1. The van der Waals surface area contributed by atoms with Gasteiger partial charge in [0.25, 0.3) is 0 Å². The van der Waals surface area contributed by atoms with Gasteiger partial charge in [0.05, 0.1) is 24.1 Å². The molecule has 0 saturated carbocycles.